The molecule has 9 nitrogen and oxygen atoms in total. The van der Waals surface area contributed by atoms with Crippen LogP contribution in [0.5, 0.6) is 0 Å². The lowest BCUT2D eigenvalue weighted by molar-refractivity contribution is -0.870. The van der Waals surface area contributed by atoms with Gasteiger partial charge in [0.05, 0.1) is 27.7 Å². The van der Waals surface area contributed by atoms with Crippen LogP contribution in [0.25, 0.3) is 0 Å². The Kier molecular flexibility index (Phi) is 73.0. The van der Waals surface area contributed by atoms with Gasteiger partial charge in [-0.05, 0) is 38.5 Å². The summed E-state index contributed by atoms with van der Waals surface area (Å²) in [6, 6.07) is 0. The third kappa shape index (κ3) is 77.8. The summed E-state index contributed by atoms with van der Waals surface area (Å²) in [5.41, 5.74) is 0. The number of quaternary nitrogens is 1. The van der Waals surface area contributed by atoms with Crippen LogP contribution in [0.1, 0.15) is 450 Å². The van der Waals surface area contributed by atoms with Gasteiger partial charge < -0.3 is 27.9 Å². The number of carbonyl (C=O) groups is 2. The quantitative estimate of drug-likeness (QED) is 0.0195. The molecule has 0 radical (unpaired) electrons. The first kappa shape index (κ1) is 90.8. The summed E-state index contributed by atoms with van der Waals surface area (Å²) in [5.74, 6) is -0.801. The number of esters is 2. The highest BCUT2D eigenvalue weighted by Crippen LogP contribution is 2.38. The molecule has 0 aliphatic carbocycles. The van der Waals surface area contributed by atoms with Crippen molar-refractivity contribution in [3.63, 3.8) is 0 Å². The van der Waals surface area contributed by atoms with E-state index in [1.807, 2.05) is 21.1 Å². The number of nitrogens with zero attached hydrogens (tertiary/aromatic N) is 1. The third-order valence-corrected chi connectivity index (χ3v) is 20.2. The Morgan fingerprint density at radius 1 is 0.326 bits per heavy atom. The summed E-state index contributed by atoms with van der Waals surface area (Å²) in [7, 11) is 1.20. The SMILES string of the molecule is CCCCCCCCCC/C=C\CCCCCCCCCCCCCCCCCCCCCCCCCCCCCC(=O)OC(COC(=O)CCCCCCCCCCCCCCCCCCCCCCCCCCCCCCC)COP(=O)([O-])OCC[N+](C)(C)C. The monoisotopic (exact) mass is 1320 g/mol. The van der Waals surface area contributed by atoms with Crippen LogP contribution in [-0.2, 0) is 32.7 Å². The van der Waals surface area contributed by atoms with Gasteiger partial charge in [0.1, 0.15) is 19.8 Å². The van der Waals surface area contributed by atoms with Crippen molar-refractivity contribution in [2.75, 3.05) is 47.5 Å². The van der Waals surface area contributed by atoms with Crippen LogP contribution in [0.3, 0.4) is 0 Å². The molecule has 0 aliphatic rings. The van der Waals surface area contributed by atoms with Crippen LogP contribution in [0.15, 0.2) is 12.2 Å². The van der Waals surface area contributed by atoms with Gasteiger partial charge in [0.2, 0.25) is 0 Å². The summed E-state index contributed by atoms with van der Waals surface area (Å²) in [5, 5.41) is 0. The molecule has 0 heterocycles. The average Bonchev–Trinajstić information content (AvgIpc) is 2.14. The fraction of sp³-hybridized carbons (Fsp3) is 0.951. The molecule has 0 N–H and O–H groups in total. The lowest BCUT2D eigenvalue weighted by atomic mass is 10.0. The number of likely N-dealkylation sites (N-methyl/N-ethyl adjacent to an activating group) is 1. The molecule has 0 saturated carbocycles. The summed E-state index contributed by atoms with van der Waals surface area (Å²) in [4.78, 5) is 38.2. The Morgan fingerprint density at radius 2 is 0.554 bits per heavy atom. The van der Waals surface area contributed by atoms with Gasteiger partial charge >= 0.3 is 11.9 Å². The number of unbranched alkanes of at least 4 members (excludes halogenated alkanes) is 63. The zero-order chi connectivity index (χ0) is 66.9. The molecular weight excluding hydrogens is 1160 g/mol. The van der Waals surface area contributed by atoms with Gasteiger partial charge in [-0.1, -0.05) is 411 Å². The van der Waals surface area contributed by atoms with Gasteiger partial charge in [-0.3, -0.25) is 14.2 Å². The van der Waals surface area contributed by atoms with Gasteiger partial charge in [-0.2, -0.15) is 0 Å². The van der Waals surface area contributed by atoms with E-state index in [9.17, 15) is 19.0 Å². The van der Waals surface area contributed by atoms with Crippen molar-refractivity contribution >= 4 is 19.8 Å². The predicted molar refractivity (Wildman–Crippen MR) is 398 cm³/mol. The number of phosphoric ester groups is 1. The van der Waals surface area contributed by atoms with Crippen molar-refractivity contribution < 1.29 is 42.1 Å². The second-order valence-corrected chi connectivity index (χ2v) is 31.3. The van der Waals surface area contributed by atoms with Crippen molar-refractivity contribution in [2.45, 2.75) is 457 Å². The Labute approximate surface area is 575 Å². The summed E-state index contributed by atoms with van der Waals surface area (Å²) in [6.45, 7) is 4.34. The van der Waals surface area contributed by atoms with E-state index < -0.39 is 26.5 Å². The van der Waals surface area contributed by atoms with Crippen molar-refractivity contribution in [3.8, 4) is 0 Å². The minimum Gasteiger partial charge on any atom is -0.756 e. The minimum absolute atomic E-state index is 0.0253. The summed E-state index contributed by atoms with van der Waals surface area (Å²) >= 11 is 0. The van der Waals surface area contributed by atoms with Gasteiger partial charge in [0.15, 0.2) is 6.10 Å². The fourth-order valence-electron chi connectivity index (χ4n) is 13.0. The molecule has 0 aromatic carbocycles. The Hall–Kier alpha value is -1.25. The van der Waals surface area contributed by atoms with Gasteiger partial charge in [-0.25, -0.2) is 0 Å². The minimum atomic E-state index is -4.64. The highest BCUT2D eigenvalue weighted by Gasteiger charge is 2.22. The van der Waals surface area contributed by atoms with Crippen molar-refractivity contribution in [3.05, 3.63) is 12.2 Å². The topological polar surface area (TPSA) is 111 Å². The molecule has 92 heavy (non-hydrogen) atoms. The number of rotatable bonds is 79. The first-order valence-corrected chi connectivity index (χ1v) is 42.9. The largest absolute Gasteiger partial charge is 0.756 e. The van der Waals surface area contributed by atoms with Crippen LogP contribution in [0.2, 0.25) is 0 Å². The normalized spacial score (nSPS) is 13.0. The molecule has 0 bridgehead atoms. The van der Waals surface area contributed by atoms with Crippen molar-refractivity contribution in [1.29, 1.82) is 0 Å². The van der Waals surface area contributed by atoms with Crippen LogP contribution in [-0.4, -0.2) is 70.0 Å². The van der Waals surface area contributed by atoms with Gasteiger partial charge in [0.25, 0.3) is 7.82 Å². The van der Waals surface area contributed by atoms with Gasteiger partial charge in [0, 0.05) is 12.8 Å². The lowest BCUT2D eigenvalue weighted by Crippen LogP contribution is -2.37. The predicted octanol–water partition coefficient (Wildman–Crippen LogP) is 26.8. The van der Waals surface area contributed by atoms with Crippen LogP contribution in [0.4, 0.5) is 0 Å². The summed E-state index contributed by atoms with van der Waals surface area (Å²) < 4.78 is 34.4. The molecule has 0 rings (SSSR count). The number of hydrogen-bond donors (Lipinski definition) is 0. The summed E-state index contributed by atoms with van der Waals surface area (Å²) in [6.07, 6.45) is 93.6. The molecule has 0 aromatic heterocycles. The Balaban J connectivity index is 3.86. The van der Waals surface area contributed by atoms with E-state index in [0.29, 0.717) is 17.4 Å². The molecule has 548 valence electrons. The molecule has 0 saturated heterocycles. The Bertz CT molecular complexity index is 1550. The van der Waals surface area contributed by atoms with E-state index in [2.05, 4.69) is 26.0 Å². The van der Waals surface area contributed by atoms with E-state index >= 15 is 0 Å². The molecule has 0 aromatic rings. The van der Waals surface area contributed by atoms with E-state index in [1.165, 1.54) is 385 Å². The zero-order valence-electron chi connectivity index (χ0n) is 62.8. The smallest absolute Gasteiger partial charge is 0.306 e. The lowest BCUT2D eigenvalue weighted by Gasteiger charge is -2.28. The van der Waals surface area contributed by atoms with E-state index in [1.54, 1.807) is 0 Å². The van der Waals surface area contributed by atoms with Crippen molar-refractivity contribution in [2.24, 2.45) is 0 Å². The van der Waals surface area contributed by atoms with Crippen LogP contribution in [0, 0.1) is 0 Å². The number of allylic oxidation sites excluding steroid dienone is 2. The molecule has 0 amide bonds. The van der Waals surface area contributed by atoms with Crippen LogP contribution >= 0.6 is 7.82 Å². The fourth-order valence-corrected chi connectivity index (χ4v) is 13.7. The number of ether oxygens (including phenoxy) is 2. The molecule has 0 fully saturated rings. The van der Waals surface area contributed by atoms with E-state index in [-0.39, 0.29) is 32.0 Å². The van der Waals surface area contributed by atoms with E-state index in [0.717, 1.165) is 32.1 Å². The number of hydrogen-bond acceptors (Lipinski definition) is 8. The maximum Gasteiger partial charge on any atom is 0.306 e. The molecular formula is C82H162NO8P. The standard InChI is InChI=1S/C82H162NO8P/c1-6-8-10-12-14-16-18-20-22-24-26-28-30-32-34-36-37-38-39-40-41-42-43-44-45-47-49-51-53-55-57-59-61-63-65-67-69-71-73-75-82(85)91-80(79-90-92(86,87)89-77-76-83(3,4)5)78-88-81(84)74-72-70-68-66-64-62-60-58-56-54-52-50-48-46-35-33-31-29-27-25-23-21-19-17-15-13-11-9-7-2/h24,26,80H,6-23,25,27-79H2,1-5H3/b26-24-. The molecule has 0 spiro atoms. The first-order chi connectivity index (χ1) is 45.0. The zero-order valence-corrected chi connectivity index (χ0v) is 63.7. The van der Waals surface area contributed by atoms with Gasteiger partial charge in [-0.15, -0.1) is 0 Å². The maximum absolute atomic E-state index is 12.9. The third-order valence-electron chi connectivity index (χ3n) is 19.3. The second kappa shape index (κ2) is 74.0. The second-order valence-electron chi connectivity index (χ2n) is 29.9. The molecule has 2 atom stereocenters. The molecule has 0 aliphatic heterocycles. The molecule has 10 heteroatoms. The van der Waals surface area contributed by atoms with Crippen molar-refractivity contribution in [1.82, 2.24) is 0 Å². The highest BCUT2D eigenvalue weighted by molar-refractivity contribution is 7.45. The average molecular weight is 1320 g/mol. The Morgan fingerprint density at radius 3 is 0.804 bits per heavy atom. The molecule has 2 unspecified atom stereocenters. The number of carbonyl (C=O) groups excluding carboxylic acids is 2. The first-order valence-electron chi connectivity index (χ1n) is 41.4. The van der Waals surface area contributed by atoms with E-state index in [4.69, 9.17) is 18.5 Å². The highest BCUT2D eigenvalue weighted by atomic mass is 31.2. The number of phosphoric acid groups is 1. The van der Waals surface area contributed by atoms with Crippen LogP contribution < -0.4 is 4.89 Å². The maximum atomic E-state index is 12.9.